The Morgan fingerprint density at radius 2 is 1.91 bits per heavy atom. The molecule has 0 aliphatic rings. The zero-order chi connectivity index (χ0) is 9.02. The maximum Gasteiger partial charge on any atom is 0.329 e. The summed E-state index contributed by atoms with van der Waals surface area (Å²) in [5.41, 5.74) is 4.95. The number of rotatable bonds is 3. The molecular formula is C5H6ClNO4. The Bertz CT molecular complexity index is 213. The summed E-state index contributed by atoms with van der Waals surface area (Å²) in [5.74, 6) is -2.70. The Kier molecular flexibility index (Phi) is 3.56. The van der Waals surface area contributed by atoms with Crippen LogP contribution in [0.1, 0.15) is 0 Å². The van der Waals surface area contributed by atoms with E-state index in [-0.39, 0.29) is 0 Å². The molecule has 0 radical (unpaired) electrons. The second-order valence-electron chi connectivity index (χ2n) is 1.68. The molecule has 0 fully saturated rings. The fourth-order valence-electron chi connectivity index (χ4n) is 0.326. The van der Waals surface area contributed by atoms with Crippen molar-refractivity contribution in [3.63, 3.8) is 0 Å². The standard InChI is InChI=1S/C5H6ClNO4/c6-2(1-3(8)9)4(7)5(10)11/h1,4H,7H2,(H,8,9)(H,10,11)/b2-1-/t4-/m1/s1. The van der Waals surface area contributed by atoms with Gasteiger partial charge in [0.2, 0.25) is 0 Å². The number of nitrogens with two attached hydrogens (primary N) is 1. The van der Waals surface area contributed by atoms with Crippen LogP contribution in [0.4, 0.5) is 0 Å². The lowest BCUT2D eigenvalue weighted by atomic mass is 10.3. The van der Waals surface area contributed by atoms with E-state index in [1.54, 1.807) is 0 Å². The van der Waals surface area contributed by atoms with Crippen molar-refractivity contribution in [2.45, 2.75) is 6.04 Å². The highest BCUT2D eigenvalue weighted by Crippen LogP contribution is 2.05. The molecule has 0 unspecified atom stereocenters. The number of hydrogen-bond donors (Lipinski definition) is 3. The topological polar surface area (TPSA) is 101 Å². The molecule has 0 saturated carbocycles. The lowest BCUT2D eigenvalue weighted by molar-refractivity contribution is -0.137. The second kappa shape index (κ2) is 3.95. The van der Waals surface area contributed by atoms with E-state index < -0.39 is 23.0 Å². The zero-order valence-corrected chi connectivity index (χ0v) is 6.08. The number of aliphatic carboxylic acids is 2. The molecule has 0 heterocycles. The summed E-state index contributed by atoms with van der Waals surface area (Å²) in [4.78, 5) is 20.0. The van der Waals surface area contributed by atoms with Gasteiger partial charge in [-0.15, -0.1) is 0 Å². The van der Waals surface area contributed by atoms with Crippen molar-refractivity contribution in [3.05, 3.63) is 11.1 Å². The Hall–Kier alpha value is -1.07. The van der Waals surface area contributed by atoms with Gasteiger partial charge in [0.1, 0.15) is 6.04 Å². The van der Waals surface area contributed by atoms with E-state index in [2.05, 4.69) is 0 Å². The number of halogens is 1. The van der Waals surface area contributed by atoms with Gasteiger partial charge in [-0.2, -0.15) is 0 Å². The van der Waals surface area contributed by atoms with Crippen LogP contribution in [0.15, 0.2) is 11.1 Å². The summed E-state index contributed by atoms with van der Waals surface area (Å²) in [6.07, 6.45) is 0.542. The van der Waals surface area contributed by atoms with E-state index in [4.69, 9.17) is 27.5 Å². The second-order valence-corrected chi connectivity index (χ2v) is 2.12. The molecule has 5 nitrogen and oxygen atoms in total. The van der Waals surface area contributed by atoms with Gasteiger partial charge in [0.15, 0.2) is 0 Å². The van der Waals surface area contributed by atoms with Crippen LogP contribution in [0.3, 0.4) is 0 Å². The molecule has 0 spiro atoms. The van der Waals surface area contributed by atoms with Gasteiger partial charge >= 0.3 is 11.9 Å². The Morgan fingerprint density at radius 1 is 1.45 bits per heavy atom. The Morgan fingerprint density at radius 3 is 2.18 bits per heavy atom. The van der Waals surface area contributed by atoms with Crippen molar-refractivity contribution in [3.8, 4) is 0 Å². The number of hydrogen-bond acceptors (Lipinski definition) is 3. The maximum atomic E-state index is 10.1. The molecule has 0 aromatic rings. The minimum Gasteiger partial charge on any atom is -0.480 e. The van der Waals surface area contributed by atoms with Crippen molar-refractivity contribution in [1.29, 1.82) is 0 Å². The van der Waals surface area contributed by atoms with Crippen LogP contribution < -0.4 is 5.73 Å². The third-order valence-electron chi connectivity index (χ3n) is 0.825. The van der Waals surface area contributed by atoms with E-state index in [1.807, 2.05) is 0 Å². The number of carboxylic acid groups (broad SMARTS) is 2. The van der Waals surface area contributed by atoms with Crippen LogP contribution in [-0.2, 0) is 9.59 Å². The quantitative estimate of drug-likeness (QED) is 0.512. The molecule has 0 aromatic heterocycles. The van der Waals surface area contributed by atoms with Crippen molar-refractivity contribution in [2.24, 2.45) is 5.73 Å². The molecule has 1 atom stereocenters. The first kappa shape index (κ1) is 9.93. The molecule has 0 saturated heterocycles. The van der Waals surface area contributed by atoms with Gasteiger partial charge < -0.3 is 15.9 Å². The van der Waals surface area contributed by atoms with Crippen LogP contribution in [0, 0.1) is 0 Å². The average molecular weight is 180 g/mol. The molecular weight excluding hydrogens is 174 g/mol. The minimum absolute atomic E-state index is 0.412. The average Bonchev–Trinajstić information content (AvgIpc) is 1.84. The fourth-order valence-corrected chi connectivity index (χ4v) is 0.512. The number of carboxylic acids is 2. The highest BCUT2D eigenvalue weighted by molar-refractivity contribution is 6.33. The summed E-state index contributed by atoms with van der Waals surface area (Å²) in [6.45, 7) is 0. The van der Waals surface area contributed by atoms with Crippen molar-refractivity contribution in [2.75, 3.05) is 0 Å². The molecule has 0 bridgehead atoms. The van der Waals surface area contributed by atoms with E-state index in [9.17, 15) is 9.59 Å². The molecule has 0 aromatic carbocycles. The predicted molar refractivity (Wildman–Crippen MR) is 37.2 cm³/mol. The summed E-state index contributed by atoms with van der Waals surface area (Å²) in [6, 6.07) is -1.47. The summed E-state index contributed by atoms with van der Waals surface area (Å²) in [5, 5.41) is 15.9. The van der Waals surface area contributed by atoms with E-state index in [0.29, 0.717) is 6.08 Å². The van der Waals surface area contributed by atoms with Gasteiger partial charge in [-0.25, -0.2) is 4.79 Å². The maximum absolute atomic E-state index is 10.1. The van der Waals surface area contributed by atoms with Crippen LogP contribution in [0.25, 0.3) is 0 Å². The largest absolute Gasteiger partial charge is 0.480 e. The third kappa shape index (κ3) is 3.59. The lowest BCUT2D eigenvalue weighted by Crippen LogP contribution is -2.30. The molecule has 11 heavy (non-hydrogen) atoms. The molecule has 0 aliphatic heterocycles. The first-order valence-corrected chi connectivity index (χ1v) is 2.91. The molecule has 6 heteroatoms. The van der Waals surface area contributed by atoms with Gasteiger partial charge in [-0.1, -0.05) is 11.6 Å². The van der Waals surface area contributed by atoms with Gasteiger partial charge in [0.05, 0.1) is 5.03 Å². The molecule has 62 valence electrons. The summed E-state index contributed by atoms with van der Waals surface area (Å²) < 4.78 is 0. The van der Waals surface area contributed by atoms with Gasteiger partial charge in [0, 0.05) is 6.08 Å². The molecule has 4 N–H and O–H groups in total. The molecule has 0 rings (SSSR count). The normalized spacial score (nSPS) is 14.2. The number of carbonyl (C=O) groups is 2. The van der Waals surface area contributed by atoms with Gasteiger partial charge in [-0.05, 0) is 0 Å². The predicted octanol–water partition coefficient (Wildman–Crippen LogP) is -0.394. The summed E-state index contributed by atoms with van der Waals surface area (Å²) in [7, 11) is 0. The van der Waals surface area contributed by atoms with Crippen LogP contribution in [-0.4, -0.2) is 28.2 Å². The van der Waals surface area contributed by atoms with Crippen LogP contribution >= 0.6 is 11.6 Å². The lowest BCUT2D eigenvalue weighted by Gasteiger charge is -2.01. The van der Waals surface area contributed by atoms with E-state index >= 15 is 0 Å². The minimum atomic E-state index is -1.47. The van der Waals surface area contributed by atoms with Crippen molar-refractivity contribution < 1.29 is 19.8 Å². The van der Waals surface area contributed by atoms with Crippen LogP contribution in [0.5, 0.6) is 0 Å². The van der Waals surface area contributed by atoms with E-state index in [0.717, 1.165) is 0 Å². The first-order valence-electron chi connectivity index (χ1n) is 2.53. The first-order chi connectivity index (χ1) is 4.95. The summed E-state index contributed by atoms with van der Waals surface area (Å²) >= 11 is 5.20. The van der Waals surface area contributed by atoms with Crippen molar-refractivity contribution in [1.82, 2.24) is 0 Å². The van der Waals surface area contributed by atoms with Crippen LogP contribution in [0.2, 0.25) is 0 Å². The van der Waals surface area contributed by atoms with Gasteiger partial charge in [0.25, 0.3) is 0 Å². The Balaban J connectivity index is 4.35. The zero-order valence-electron chi connectivity index (χ0n) is 5.32. The third-order valence-corrected chi connectivity index (χ3v) is 1.17. The smallest absolute Gasteiger partial charge is 0.329 e. The highest BCUT2D eigenvalue weighted by Gasteiger charge is 2.15. The molecule has 0 aliphatic carbocycles. The van der Waals surface area contributed by atoms with Crippen molar-refractivity contribution >= 4 is 23.5 Å². The van der Waals surface area contributed by atoms with Gasteiger partial charge in [-0.3, -0.25) is 4.79 Å². The highest BCUT2D eigenvalue weighted by atomic mass is 35.5. The monoisotopic (exact) mass is 179 g/mol. The fraction of sp³-hybridized carbons (Fsp3) is 0.200. The molecule has 0 amide bonds. The van der Waals surface area contributed by atoms with E-state index in [1.165, 1.54) is 0 Å². The Labute approximate surface area is 67.1 Å². The SMILES string of the molecule is N[C@@H](C(=O)O)/C(Cl)=C/C(=O)O.